The zero-order valence-corrected chi connectivity index (χ0v) is 12.0. The van der Waals surface area contributed by atoms with Crippen LogP contribution in [0, 0.1) is 5.82 Å². The number of para-hydroxylation sites is 1. The van der Waals surface area contributed by atoms with Crippen LogP contribution >= 0.6 is 0 Å². The molecule has 0 radical (unpaired) electrons. The molecule has 0 aliphatic carbocycles. The zero-order chi connectivity index (χ0) is 14.2. The number of halogens is 1. The number of nitrogens with two attached hydrogens (primary N) is 1. The molecule has 1 fully saturated rings. The molecule has 2 atom stereocenters. The van der Waals surface area contributed by atoms with Gasteiger partial charge < -0.3 is 10.6 Å². The first-order valence-electron chi connectivity index (χ1n) is 6.29. The highest BCUT2D eigenvalue weighted by Crippen LogP contribution is 2.31. The second-order valence-electron chi connectivity index (χ2n) is 5.13. The molecule has 0 saturated carbocycles. The van der Waals surface area contributed by atoms with E-state index in [1.807, 2.05) is 0 Å². The van der Waals surface area contributed by atoms with E-state index in [4.69, 9.17) is 5.73 Å². The van der Waals surface area contributed by atoms with Gasteiger partial charge in [0.25, 0.3) is 0 Å². The van der Waals surface area contributed by atoms with Crippen molar-refractivity contribution >= 4 is 15.5 Å². The molecule has 1 heterocycles. The van der Waals surface area contributed by atoms with Crippen LogP contribution in [0.1, 0.15) is 24.9 Å². The lowest BCUT2D eigenvalue weighted by atomic mass is 10.0. The van der Waals surface area contributed by atoms with Gasteiger partial charge in [-0.25, -0.2) is 12.8 Å². The summed E-state index contributed by atoms with van der Waals surface area (Å²) in [4.78, 5) is 1.72. The summed E-state index contributed by atoms with van der Waals surface area (Å²) in [5.74, 6) is -0.109. The minimum Gasteiger partial charge on any atom is -0.368 e. The SMILES string of the molecule is CC(N)c1cccc(F)c1N(C)C1CCS(=O)(=O)C1. The third-order valence-corrected chi connectivity index (χ3v) is 5.37. The Hall–Kier alpha value is -1.14. The van der Waals surface area contributed by atoms with E-state index >= 15 is 0 Å². The molecule has 1 saturated heterocycles. The Kier molecular flexibility index (Phi) is 3.82. The summed E-state index contributed by atoms with van der Waals surface area (Å²) in [7, 11) is -1.26. The predicted molar refractivity (Wildman–Crippen MR) is 74.5 cm³/mol. The summed E-state index contributed by atoms with van der Waals surface area (Å²) < 4.78 is 37.1. The average Bonchev–Trinajstić information content (AvgIpc) is 2.68. The van der Waals surface area contributed by atoms with E-state index in [9.17, 15) is 12.8 Å². The Bertz CT molecular complexity index is 572. The van der Waals surface area contributed by atoms with Crippen molar-refractivity contribution in [2.75, 3.05) is 23.5 Å². The lowest BCUT2D eigenvalue weighted by Gasteiger charge is -2.29. The summed E-state index contributed by atoms with van der Waals surface area (Å²) >= 11 is 0. The maximum atomic E-state index is 14.1. The van der Waals surface area contributed by atoms with Crippen LogP contribution in [0.15, 0.2) is 18.2 Å². The number of nitrogens with zero attached hydrogens (tertiary/aromatic N) is 1. The van der Waals surface area contributed by atoms with Crippen molar-refractivity contribution < 1.29 is 12.8 Å². The summed E-state index contributed by atoms with van der Waals surface area (Å²) in [5.41, 5.74) is 6.98. The molecule has 1 aromatic carbocycles. The van der Waals surface area contributed by atoms with Crippen molar-refractivity contribution in [1.82, 2.24) is 0 Å². The monoisotopic (exact) mass is 286 g/mol. The fraction of sp³-hybridized carbons (Fsp3) is 0.538. The van der Waals surface area contributed by atoms with Crippen LogP contribution in [0.4, 0.5) is 10.1 Å². The summed E-state index contributed by atoms with van der Waals surface area (Å²) in [5, 5.41) is 0. The van der Waals surface area contributed by atoms with Crippen LogP contribution in [0.25, 0.3) is 0 Å². The molecule has 6 heteroatoms. The fourth-order valence-electron chi connectivity index (χ4n) is 2.53. The molecule has 19 heavy (non-hydrogen) atoms. The van der Waals surface area contributed by atoms with Gasteiger partial charge in [0.15, 0.2) is 9.84 Å². The average molecular weight is 286 g/mol. The van der Waals surface area contributed by atoms with Crippen LogP contribution in [0.2, 0.25) is 0 Å². The molecule has 2 N–H and O–H groups in total. The molecule has 2 rings (SSSR count). The summed E-state index contributed by atoms with van der Waals surface area (Å²) in [6, 6.07) is 4.30. The number of hydrogen-bond donors (Lipinski definition) is 1. The topological polar surface area (TPSA) is 63.4 Å². The summed E-state index contributed by atoms with van der Waals surface area (Å²) in [6.45, 7) is 1.79. The van der Waals surface area contributed by atoms with Crippen molar-refractivity contribution in [1.29, 1.82) is 0 Å². The van der Waals surface area contributed by atoms with E-state index < -0.39 is 9.84 Å². The predicted octanol–water partition coefficient (Wildman–Crippen LogP) is 1.47. The van der Waals surface area contributed by atoms with Gasteiger partial charge in [0.2, 0.25) is 0 Å². The maximum Gasteiger partial charge on any atom is 0.152 e. The van der Waals surface area contributed by atoms with Gasteiger partial charge in [0, 0.05) is 19.1 Å². The third-order valence-electron chi connectivity index (χ3n) is 3.62. The van der Waals surface area contributed by atoms with Crippen LogP contribution in [-0.4, -0.2) is 33.0 Å². The molecule has 0 bridgehead atoms. The molecule has 4 nitrogen and oxygen atoms in total. The largest absolute Gasteiger partial charge is 0.368 e. The van der Waals surface area contributed by atoms with Crippen molar-refractivity contribution in [2.24, 2.45) is 5.73 Å². The first-order valence-corrected chi connectivity index (χ1v) is 8.11. The zero-order valence-electron chi connectivity index (χ0n) is 11.1. The maximum absolute atomic E-state index is 14.1. The van der Waals surface area contributed by atoms with Crippen molar-refractivity contribution in [3.63, 3.8) is 0 Å². The molecular formula is C13H19FN2O2S. The van der Waals surface area contributed by atoms with Crippen LogP contribution in [-0.2, 0) is 9.84 Å². The smallest absolute Gasteiger partial charge is 0.152 e. The molecule has 2 unspecified atom stereocenters. The van der Waals surface area contributed by atoms with Crippen molar-refractivity contribution in [2.45, 2.75) is 25.4 Å². The third kappa shape index (κ3) is 2.90. The fourth-order valence-corrected chi connectivity index (χ4v) is 4.31. The van der Waals surface area contributed by atoms with E-state index in [-0.39, 0.29) is 29.4 Å². The Morgan fingerprint density at radius 1 is 1.47 bits per heavy atom. The van der Waals surface area contributed by atoms with Crippen LogP contribution in [0.5, 0.6) is 0 Å². The van der Waals surface area contributed by atoms with Gasteiger partial charge in [-0.05, 0) is 25.0 Å². The van der Waals surface area contributed by atoms with E-state index in [2.05, 4.69) is 0 Å². The lowest BCUT2D eigenvalue weighted by molar-refractivity contribution is 0.593. The molecule has 0 spiro atoms. The first-order chi connectivity index (χ1) is 8.82. The van der Waals surface area contributed by atoms with Gasteiger partial charge in [0.1, 0.15) is 5.82 Å². The highest BCUT2D eigenvalue weighted by atomic mass is 32.2. The van der Waals surface area contributed by atoms with Gasteiger partial charge in [-0.2, -0.15) is 0 Å². The van der Waals surface area contributed by atoms with Crippen molar-refractivity contribution in [3.8, 4) is 0 Å². The molecule has 106 valence electrons. The minimum absolute atomic E-state index is 0.0796. The number of rotatable bonds is 3. The molecule has 0 aromatic heterocycles. The molecule has 0 amide bonds. The normalized spacial score (nSPS) is 23.3. The van der Waals surface area contributed by atoms with Crippen molar-refractivity contribution in [3.05, 3.63) is 29.6 Å². The van der Waals surface area contributed by atoms with Crippen LogP contribution in [0.3, 0.4) is 0 Å². The molecular weight excluding hydrogens is 267 g/mol. The van der Waals surface area contributed by atoms with Gasteiger partial charge in [-0.3, -0.25) is 0 Å². The number of hydrogen-bond acceptors (Lipinski definition) is 4. The molecule has 1 aliphatic heterocycles. The molecule has 1 aliphatic rings. The van der Waals surface area contributed by atoms with Gasteiger partial charge in [0.05, 0.1) is 17.2 Å². The second kappa shape index (κ2) is 5.09. The van der Waals surface area contributed by atoms with Gasteiger partial charge in [-0.15, -0.1) is 0 Å². The summed E-state index contributed by atoms with van der Waals surface area (Å²) in [6.07, 6.45) is 0.533. The second-order valence-corrected chi connectivity index (χ2v) is 7.36. The highest BCUT2D eigenvalue weighted by Gasteiger charge is 2.32. The number of anilines is 1. The minimum atomic E-state index is -2.99. The Labute approximate surface area is 113 Å². The van der Waals surface area contributed by atoms with E-state index in [0.717, 1.165) is 0 Å². The number of sulfone groups is 1. The lowest BCUT2D eigenvalue weighted by Crippen LogP contribution is -2.34. The van der Waals surface area contributed by atoms with E-state index in [1.165, 1.54) is 6.07 Å². The van der Waals surface area contributed by atoms with Gasteiger partial charge >= 0.3 is 0 Å². The quantitative estimate of drug-likeness (QED) is 0.914. The van der Waals surface area contributed by atoms with E-state index in [0.29, 0.717) is 17.7 Å². The van der Waals surface area contributed by atoms with E-state index in [1.54, 1.807) is 31.0 Å². The van der Waals surface area contributed by atoms with Crippen LogP contribution < -0.4 is 10.6 Å². The first kappa shape index (κ1) is 14.3. The van der Waals surface area contributed by atoms with Gasteiger partial charge in [-0.1, -0.05) is 12.1 Å². The Morgan fingerprint density at radius 2 is 2.16 bits per heavy atom. The molecule has 1 aromatic rings. The Balaban J connectivity index is 2.36. The standard InChI is InChI=1S/C13H19FN2O2S/c1-9(15)11-4-3-5-12(14)13(11)16(2)10-6-7-19(17,18)8-10/h3-5,9-10H,6-8,15H2,1-2H3. The highest BCUT2D eigenvalue weighted by molar-refractivity contribution is 7.91. The Morgan fingerprint density at radius 3 is 2.68 bits per heavy atom. The number of benzene rings is 1.